The zero-order valence-electron chi connectivity index (χ0n) is 31.5. The zero-order valence-corrected chi connectivity index (χ0v) is 31.5. The van der Waals surface area contributed by atoms with Crippen LogP contribution in [0.4, 0.5) is 10.5 Å². The first kappa shape index (κ1) is 38.4. The van der Waals surface area contributed by atoms with Crippen LogP contribution in [0.5, 0.6) is 5.75 Å². The normalized spacial score (nSPS) is 15.4. The quantitative estimate of drug-likeness (QED) is 0.0811. The van der Waals surface area contributed by atoms with E-state index in [4.69, 9.17) is 19.9 Å². The molecule has 2 aliphatic rings. The van der Waals surface area contributed by atoms with E-state index in [0.717, 1.165) is 38.6 Å². The highest BCUT2D eigenvalue weighted by Crippen LogP contribution is 2.34. The number of benzene rings is 3. The summed E-state index contributed by atoms with van der Waals surface area (Å²) in [5.41, 5.74) is 11.2. The van der Waals surface area contributed by atoms with Gasteiger partial charge in [-0.1, -0.05) is 38.7 Å². The summed E-state index contributed by atoms with van der Waals surface area (Å²) in [7, 11) is 0. The van der Waals surface area contributed by atoms with Crippen LogP contribution in [0.15, 0.2) is 67.0 Å². The van der Waals surface area contributed by atoms with Crippen LogP contribution in [0.3, 0.4) is 0 Å². The van der Waals surface area contributed by atoms with Crippen LogP contribution in [0.25, 0.3) is 28.0 Å². The Hall–Kier alpha value is -6.83. The fourth-order valence-electron chi connectivity index (χ4n) is 6.59. The van der Waals surface area contributed by atoms with Gasteiger partial charge in [-0.3, -0.25) is 39.1 Å². The maximum absolute atomic E-state index is 13.2. The Morgan fingerprint density at radius 3 is 2.54 bits per heavy atom. The number of aromatic nitrogens is 4. The number of nitrogens with zero attached hydrogens (tertiary/aromatic N) is 4. The summed E-state index contributed by atoms with van der Waals surface area (Å²) in [6, 6.07) is 16.2. The van der Waals surface area contributed by atoms with E-state index in [0.29, 0.717) is 36.8 Å². The Morgan fingerprint density at radius 1 is 0.965 bits per heavy atom. The van der Waals surface area contributed by atoms with E-state index in [-0.39, 0.29) is 42.6 Å². The average Bonchev–Trinajstić information content (AvgIpc) is 3.90. The van der Waals surface area contributed by atoms with Gasteiger partial charge in [0.15, 0.2) is 0 Å². The van der Waals surface area contributed by atoms with Crippen LogP contribution in [0.2, 0.25) is 0 Å². The number of fused-ring (bicyclic) bond motifs is 2. The maximum Gasteiger partial charge on any atom is 0.316 e. The highest BCUT2D eigenvalue weighted by Gasteiger charge is 2.45. The zero-order chi connectivity index (χ0) is 40.3. The molecule has 292 valence electrons. The van der Waals surface area contributed by atoms with E-state index in [1.165, 1.54) is 6.07 Å². The Labute approximate surface area is 327 Å². The number of H-pyrrole nitrogens is 1. The molecule has 0 bridgehead atoms. The molecule has 5 N–H and O–H groups in total. The van der Waals surface area contributed by atoms with E-state index in [1.54, 1.807) is 24.5 Å². The van der Waals surface area contributed by atoms with Gasteiger partial charge in [-0.2, -0.15) is 5.10 Å². The molecule has 7 rings (SSSR count). The summed E-state index contributed by atoms with van der Waals surface area (Å²) in [6.07, 6.45) is 1.84. The molecule has 0 spiro atoms. The molecule has 4 heterocycles. The van der Waals surface area contributed by atoms with Crippen molar-refractivity contribution in [2.75, 3.05) is 38.4 Å². The van der Waals surface area contributed by atoms with E-state index in [9.17, 15) is 24.0 Å². The standard InChI is InChI=1S/C41H40N8O8/c1-41(2,3)34-22-30(46-47-34)28-20-25(9-11-29(28)44-40(42)54)48-23-43-31-21-26(10-12-32(31)48)57-19-18-56-17-16-55-15-5-7-24-6-4-8-27-36(24)39(53)49(38(27)52)33-13-14-35(50)45-37(33)51/h4,6,8-12,20-23,33H,13-19H2,1-3H3,(H,46,47)(H3,42,44,54)(H,45,50,51). The van der Waals surface area contributed by atoms with Crippen molar-refractivity contribution in [3.63, 3.8) is 0 Å². The number of aromatic amines is 1. The van der Waals surface area contributed by atoms with Gasteiger partial charge in [0.2, 0.25) is 11.8 Å². The number of ether oxygens (including phenoxy) is 3. The highest BCUT2D eigenvalue weighted by molar-refractivity contribution is 6.24. The van der Waals surface area contributed by atoms with Gasteiger partial charge in [0.05, 0.1) is 59.1 Å². The average molecular weight is 773 g/mol. The number of carbonyl (C=O) groups excluding carboxylic acids is 5. The van der Waals surface area contributed by atoms with Gasteiger partial charge in [0.1, 0.15) is 31.3 Å². The molecule has 1 atom stereocenters. The number of nitrogens with one attached hydrogen (secondary N) is 3. The van der Waals surface area contributed by atoms with Gasteiger partial charge in [0, 0.05) is 34.7 Å². The molecule has 0 saturated carbocycles. The third kappa shape index (κ3) is 8.25. The van der Waals surface area contributed by atoms with Crippen molar-refractivity contribution in [2.24, 2.45) is 5.73 Å². The minimum absolute atomic E-state index is 0.0429. The minimum Gasteiger partial charge on any atom is -0.491 e. The van der Waals surface area contributed by atoms with Crippen molar-refractivity contribution < 1.29 is 38.2 Å². The first-order chi connectivity index (χ1) is 27.4. The molecule has 16 heteroatoms. The van der Waals surface area contributed by atoms with E-state index < -0.39 is 35.7 Å². The molecule has 16 nitrogen and oxygen atoms in total. The molecular weight excluding hydrogens is 732 g/mol. The molecule has 1 unspecified atom stereocenters. The molecule has 3 aromatic carbocycles. The summed E-state index contributed by atoms with van der Waals surface area (Å²) >= 11 is 0. The number of nitrogens with two attached hydrogens (primary N) is 1. The highest BCUT2D eigenvalue weighted by atomic mass is 16.5. The van der Waals surface area contributed by atoms with Crippen molar-refractivity contribution >= 4 is 46.4 Å². The molecule has 57 heavy (non-hydrogen) atoms. The summed E-state index contributed by atoms with van der Waals surface area (Å²) in [5.74, 6) is 4.09. The number of piperidine rings is 1. The smallest absolute Gasteiger partial charge is 0.316 e. The Bertz CT molecular complexity index is 2470. The van der Waals surface area contributed by atoms with E-state index in [2.05, 4.69) is 58.4 Å². The lowest BCUT2D eigenvalue weighted by Crippen LogP contribution is -2.54. The van der Waals surface area contributed by atoms with Gasteiger partial charge in [-0.25, -0.2) is 9.78 Å². The number of imide groups is 2. The second-order valence-corrected chi connectivity index (χ2v) is 14.4. The third-order valence-corrected chi connectivity index (χ3v) is 9.43. The number of anilines is 1. The molecule has 0 radical (unpaired) electrons. The lowest BCUT2D eigenvalue weighted by atomic mass is 9.92. The molecular formula is C41H40N8O8. The third-order valence-electron chi connectivity index (χ3n) is 9.43. The molecule has 5 aromatic rings. The number of hydrogen-bond acceptors (Lipinski definition) is 10. The number of amides is 6. The number of carbonyl (C=O) groups is 5. The van der Waals surface area contributed by atoms with Crippen LogP contribution in [0, 0.1) is 11.8 Å². The number of urea groups is 1. The van der Waals surface area contributed by atoms with E-state index >= 15 is 0 Å². The van der Waals surface area contributed by atoms with Crippen LogP contribution < -0.4 is 21.1 Å². The SMILES string of the molecule is CC(C)(C)c1cc(-c2cc(-n3cnc4cc(OCCOCCOCC#Cc5cccc6c5C(=O)N(C5CCC(=O)NC5=O)C6=O)ccc43)ccc2NC(N)=O)[nH]n1. The van der Waals surface area contributed by atoms with Crippen molar-refractivity contribution in [3.8, 4) is 34.5 Å². The predicted molar refractivity (Wildman–Crippen MR) is 208 cm³/mol. The summed E-state index contributed by atoms with van der Waals surface area (Å²) in [4.78, 5) is 67.4. The van der Waals surface area contributed by atoms with Crippen molar-refractivity contribution in [1.29, 1.82) is 0 Å². The molecule has 6 amide bonds. The Kier molecular flexibility index (Phi) is 10.9. The number of primary amides is 1. The van der Waals surface area contributed by atoms with Gasteiger partial charge in [0.25, 0.3) is 11.8 Å². The topological polar surface area (TPSA) is 213 Å². The van der Waals surface area contributed by atoms with Crippen LogP contribution in [0.1, 0.15) is 65.6 Å². The summed E-state index contributed by atoms with van der Waals surface area (Å²) in [5, 5.41) is 12.5. The molecule has 0 aliphatic carbocycles. The molecule has 1 fully saturated rings. The second-order valence-electron chi connectivity index (χ2n) is 14.4. The molecule has 2 aromatic heterocycles. The Morgan fingerprint density at radius 2 is 1.77 bits per heavy atom. The van der Waals surface area contributed by atoms with Crippen molar-refractivity contribution in [1.82, 2.24) is 30.0 Å². The predicted octanol–water partition coefficient (Wildman–Crippen LogP) is 4.07. The van der Waals surface area contributed by atoms with Crippen molar-refractivity contribution in [2.45, 2.75) is 45.1 Å². The summed E-state index contributed by atoms with van der Waals surface area (Å²) in [6.45, 7) is 7.47. The fourth-order valence-corrected chi connectivity index (χ4v) is 6.59. The van der Waals surface area contributed by atoms with Gasteiger partial charge in [-0.05, 0) is 55.0 Å². The van der Waals surface area contributed by atoms with Crippen LogP contribution >= 0.6 is 0 Å². The molecule has 2 aliphatic heterocycles. The Balaban J connectivity index is 0.883. The van der Waals surface area contributed by atoms with Gasteiger partial charge in [-0.15, -0.1) is 0 Å². The minimum atomic E-state index is -1.05. The first-order valence-electron chi connectivity index (χ1n) is 18.2. The second kappa shape index (κ2) is 16.1. The van der Waals surface area contributed by atoms with Gasteiger partial charge >= 0.3 is 6.03 Å². The number of imidazole rings is 1. The van der Waals surface area contributed by atoms with Crippen molar-refractivity contribution in [3.05, 3.63) is 89.4 Å². The van der Waals surface area contributed by atoms with Crippen LogP contribution in [-0.2, 0) is 24.5 Å². The largest absolute Gasteiger partial charge is 0.491 e. The lowest BCUT2D eigenvalue weighted by molar-refractivity contribution is -0.136. The summed E-state index contributed by atoms with van der Waals surface area (Å²) < 4.78 is 19.0. The van der Waals surface area contributed by atoms with E-state index in [1.807, 2.05) is 41.0 Å². The maximum atomic E-state index is 13.2. The monoisotopic (exact) mass is 772 g/mol. The number of rotatable bonds is 12. The van der Waals surface area contributed by atoms with Gasteiger partial charge < -0.3 is 25.3 Å². The lowest BCUT2D eigenvalue weighted by Gasteiger charge is -2.27. The molecule has 1 saturated heterocycles. The fraction of sp³-hybridized carbons (Fsp3) is 0.293. The number of hydrogen-bond donors (Lipinski definition) is 4. The first-order valence-corrected chi connectivity index (χ1v) is 18.2. The van der Waals surface area contributed by atoms with Crippen LogP contribution in [-0.4, -0.2) is 93.4 Å².